The summed E-state index contributed by atoms with van der Waals surface area (Å²) < 4.78 is 1.20. The van der Waals surface area contributed by atoms with E-state index in [0.29, 0.717) is 6.54 Å². The highest BCUT2D eigenvalue weighted by Crippen LogP contribution is 2.29. The van der Waals surface area contributed by atoms with Crippen LogP contribution in [0.4, 0.5) is 10.8 Å². The number of rotatable bonds is 4. The second-order valence-corrected chi connectivity index (χ2v) is 7.01. The van der Waals surface area contributed by atoms with E-state index in [1.807, 2.05) is 6.92 Å². The Hall–Kier alpha value is -2.40. The van der Waals surface area contributed by atoms with E-state index in [-0.39, 0.29) is 0 Å². The third-order valence-electron chi connectivity index (χ3n) is 3.92. The van der Waals surface area contributed by atoms with Crippen LogP contribution in [-0.2, 0) is 0 Å². The molecule has 5 heteroatoms. The number of thiazole rings is 1. The topological polar surface area (TPSA) is 40.5 Å². The van der Waals surface area contributed by atoms with E-state index in [1.165, 1.54) is 15.8 Å². The molecule has 1 N–H and O–H groups in total. The summed E-state index contributed by atoms with van der Waals surface area (Å²) in [5.41, 5.74) is 4.54. The summed E-state index contributed by atoms with van der Waals surface area (Å²) in [6.07, 6.45) is 0. The minimum atomic E-state index is 0.717. The molecular formula is C20H24N4S. The third-order valence-corrected chi connectivity index (χ3v) is 4.98. The fraction of sp³-hybridized carbons (Fsp3) is 0.300. The molecule has 0 amide bonds. The van der Waals surface area contributed by atoms with Crippen LogP contribution in [0.2, 0.25) is 0 Å². The molecule has 0 atom stereocenters. The summed E-state index contributed by atoms with van der Waals surface area (Å²) in [7, 11) is 0. The van der Waals surface area contributed by atoms with E-state index in [9.17, 15) is 0 Å². The monoisotopic (exact) mass is 352 g/mol. The molecule has 0 bridgehead atoms. The van der Waals surface area contributed by atoms with Gasteiger partial charge in [-0.3, -0.25) is 9.89 Å². The molecule has 25 heavy (non-hydrogen) atoms. The van der Waals surface area contributed by atoms with Crippen LogP contribution in [0.25, 0.3) is 10.2 Å². The summed E-state index contributed by atoms with van der Waals surface area (Å²) in [6.45, 7) is 9.88. The quantitative estimate of drug-likeness (QED) is 0.516. The Morgan fingerprint density at radius 1 is 1.12 bits per heavy atom. The molecule has 130 valence electrons. The highest BCUT2D eigenvalue weighted by atomic mass is 32.1. The van der Waals surface area contributed by atoms with Crippen LogP contribution >= 0.6 is 11.3 Å². The maximum absolute atomic E-state index is 4.83. The van der Waals surface area contributed by atoms with Crippen LogP contribution in [0.15, 0.2) is 47.5 Å². The van der Waals surface area contributed by atoms with Crippen LogP contribution in [0.1, 0.15) is 25.0 Å². The first kappa shape index (κ1) is 17.4. The van der Waals surface area contributed by atoms with Crippen molar-refractivity contribution in [2.24, 2.45) is 4.99 Å². The Labute approximate surface area is 153 Å². The van der Waals surface area contributed by atoms with Gasteiger partial charge in [-0.15, -0.1) is 0 Å². The van der Waals surface area contributed by atoms with Crippen LogP contribution in [0.5, 0.6) is 0 Å². The summed E-state index contributed by atoms with van der Waals surface area (Å²) in [5, 5.41) is 4.44. The van der Waals surface area contributed by atoms with Gasteiger partial charge in [-0.25, -0.2) is 4.98 Å². The zero-order valence-electron chi connectivity index (χ0n) is 15.2. The number of hydrogen-bond acceptors (Lipinski definition) is 3. The molecule has 4 nitrogen and oxygen atoms in total. The number of benzene rings is 2. The van der Waals surface area contributed by atoms with Crippen molar-refractivity contribution >= 4 is 38.3 Å². The molecule has 3 rings (SSSR count). The van der Waals surface area contributed by atoms with Crippen molar-refractivity contribution in [2.75, 3.05) is 23.3 Å². The van der Waals surface area contributed by atoms with Gasteiger partial charge >= 0.3 is 0 Å². The van der Waals surface area contributed by atoms with Gasteiger partial charge in [0, 0.05) is 18.8 Å². The lowest BCUT2D eigenvalue weighted by molar-refractivity contribution is 1.01. The number of aryl methyl sites for hydroxylation is 2. The van der Waals surface area contributed by atoms with Gasteiger partial charge in [-0.05, 0) is 63.1 Å². The summed E-state index contributed by atoms with van der Waals surface area (Å²) in [5.74, 6) is 0.839. The van der Waals surface area contributed by atoms with Crippen molar-refractivity contribution in [3.8, 4) is 0 Å². The lowest BCUT2D eigenvalue weighted by atomic mass is 10.2. The first-order valence-corrected chi connectivity index (χ1v) is 9.45. The molecule has 0 saturated carbocycles. The Morgan fingerprint density at radius 2 is 1.92 bits per heavy atom. The van der Waals surface area contributed by atoms with Crippen LogP contribution in [0, 0.1) is 13.8 Å². The maximum Gasteiger partial charge on any atom is 0.204 e. The zero-order chi connectivity index (χ0) is 17.8. The van der Waals surface area contributed by atoms with Gasteiger partial charge in [-0.2, -0.15) is 0 Å². The SMILES string of the molecule is CCN=C(Nc1cccc(C)c1)N(CC)c1nc2cc(C)ccc2s1. The highest BCUT2D eigenvalue weighted by molar-refractivity contribution is 7.22. The minimum absolute atomic E-state index is 0.717. The average molecular weight is 353 g/mol. The van der Waals surface area contributed by atoms with E-state index >= 15 is 0 Å². The Kier molecular flexibility index (Phi) is 5.34. The molecule has 3 aromatic rings. The smallest absolute Gasteiger partial charge is 0.204 e. The largest absolute Gasteiger partial charge is 0.326 e. The van der Waals surface area contributed by atoms with Gasteiger partial charge in [0.1, 0.15) is 0 Å². The third kappa shape index (κ3) is 3.99. The summed E-state index contributed by atoms with van der Waals surface area (Å²) in [6, 6.07) is 14.7. The maximum atomic E-state index is 4.83. The molecule has 0 unspecified atom stereocenters. The van der Waals surface area contributed by atoms with Crippen molar-refractivity contribution in [3.63, 3.8) is 0 Å². The molecular weight excluding hydrogens is 328 g/mol. The molecule has 0 fully saturated rings. The number of hydrogen-bond donors (Lipinski definition) is 1. The fourth-order valence-corrected chi connectivity index (χ4v) is 3.72. The van der Waals surface area contributed by atoms with Crippen LogP contribution in [-0.4, -0.2) is 24.0 Å². The lowest BCUT2D eigenvalue weighted by Crippen LogP contribution is -2.36. The molecule has 2 aromatic carbocycles. The molecule has 0 radical (unpaired) electrons. The molecule has 0 saturated heterocycles. The van der Waals surface area contributed by atoms with Crippen molar-refractivity contribution in [3.05, 3.63) is 53.6 Å². The van der Waals surface area contributed by atoms with Gasteiger partial charge < -0.3 is 5.32 Å². The Morgan fingerprint density at radius 3 is 2.64 bits per heavy atom. The number of guanidine groups is 1. The highest BCUT2D eigenvalue weighted by Gasteiger charge is 2.16. The minimum Gasteiger partial charge on any atom is -0.326 e. The Balaban J connectivity index is 1.95. The van der Waals surface area contributed by atoms with Crippen molar-refractivity contribution in [2.45, 2.75) is 27.7 Å². The molecule has 1 aromatic heterocycles. The summed E-state index contributed by atoms with van der Waals surface area (Å²) >= 11 is 1.70. The number of aliphatic imine (C=N–C) groups is 1. The number of aromatic nitrogens is 1. The fourth-order valence-electron chi connectivity index (χ4n) is 2.71. The molecule has 0 spiro atoms. The number of nitrogens with zero attached hydrogens (tertiary/aromatic N) is 3. The predicted molar refractivity (Wildman–Crippen MR) is 110 cm³/mol. The first-order chi connectivity index (χ1) is 12.1. The predicted octanol–water partition coefficient (Wildman–Crippen LogP) is 5.23. The van der Waals surface area contributed by atoms with Gasteiger partial charge in [-0.1, -0.05) is 29.5 Å². The second-order valence-electron chi connectivity index (χ2n) is 6.00. The van der Waals surface area contributed by atoms with Crippen molar-refractivity contribution < 1.29 is 0 Å². The van der Waals surface area contributed by atoms with Gasteiger partial charge in [0.2, 0.25) is 5.96 Å². The van der Waals surface area contributed by atoms with Crippen molar-refractivity contribution in [1.82, 2.24) is 4.98 Å². The van der Waals surface area contributed by atoms with E-state index in [0.717, 1.165) is 28.8 Å². The average Bonchev–Trinajstić information content (AvgIpc) is 2.98. The van der Waals surface area contributed by atoms with Gasteiger partial charge in [0.05, 0.1) is 10.2 Å². The number of anilines is 2. The summed E-state index contributed by atoms with van der Waals surface area (Å²) in [4.78, 5) is 11.7. The van der Waals surface area contributed by atoms with E-state index in [1.54, 1.807) is 11.3 Å². The van der Waals surface area contributed by atoms with Gasteiger partial charge in [0.25, 0.3) is 0 Å². The Bertz CT molecular complexity index is 898. The van der Waals surface area contributed by atoms with E-state index in [2.05, 4.69) is 78.4 Å². The van der Waals surface area contributed by atoms with Crippen LogP contribution < -0.4 is 10.2 Å². The number of fused-ring (bicyclic) bond motifs is 1. The van der Waals surface area contributed by atoms with E-state index < -0.39 is 0 Å². The van der Waals surface area contributed by atoms with Crippen molar-refractivity contribution in [1.29, 1.82) is 0 Å². The lowest BCUT2D eigenvalue weighted by Gasteiger charge is -2.23. The second kappa shape index (κ2) is 7.66. The van der Waals surface area contributed by atoms with E-state index in [4.69, 9.17) is 4.98 Å². The normalized spacial score (nSPS) is 11.8. The first-order valence-electron chi connectivity index (χ1n) is 8.63. The molecule has 0 aliphatic carbocycles. The molecule has 0 aliphatic heterocycles. The number of nitrogens with one attached hydrogen (secondary N) is 1. The molecule has 1 heterocycles. The molecule has 0 aliphatic rings. The standard InChI is InChI=1S/C20H24N4S/c1-5-21-19(22-16-9-7-8-14(3)12-16)24(6-2)20-23-17-13-15(4)10-11-18(17)25-20/h7-13H,5-6H2,1-4H3,(H,21,22). The zero-order valence-corrected chi connectivity index (χ0v) is 16.0. The van der Waals surface area contributed by atoms with Crippen LogP contribution in [0.3, 0.4) is 0 Å². The van der Waals surface area contributed by atoms with Gasteiger partial charge in [0.15, 0.2) is 5.13 Å².